The van der Waals surface area contributed by atoms with Gasteiger partial charge in [0.1, 0.15) is 5.75 Å². The average Bonchev–Trinajstić information content (AvgIpc) is 2.43. The molecule has 19 heavy (non-hydrogen) atoms. The van der Waals surface area contributed by atoms with E-state index >= 15 is 0 Å². The predicted molar refractivity (Wildman–Crippen MR) is 81.4 cm³/mol. The Labute approximate surface area is 117 Å². The predicted octanol–water partition coefficient (Wildman–Crippen LogP) is 4.11. The number of hydrogen-bond acceptors (Lipinski definition) is 3. The van der Waals surface area contributed by atoms with Crippen LogP contribution >= 0.6 is 0 Å². The molecule has 0 fully saturated rings. The second-order valence-corrected chi connectivity index (χ2v) is 3.25. The molecule has 0 aliphatic carbocycles. The van der Waals surface area contributed by atoms with Gasteiger partial charge in [0.25, 0.3) is 0 Å². The standard InChI is InChI=1S/C8H10O.C3H8.C2H5NO2.C2H6/c1-2-7-3-5-8(9)6-4-7;1-3-2;1-5-2(3)4;1-2/h3-6,9H,2H2,1H3;3H2,1-2H3;1H3,(H2,3,4);1-2H3. The van der Waals surface area contributed by atoms with Crippen molar-refractivity contribution in [1.29, 1.82) is 0 Å². The Balaban J connectivity index is -0.000000219. The Hall–Kier alpha value is -1.71. The van der Waals surface area contributed by atoms with E-state index in [9.17, 15) is 4.79 Å². The number of amides is 1. The topological polar surface area (TPSA) is 72.6 Å². The number of carbonyl (C=O) groups excluding carboxylic acids is 1. The molecule has 1 aromatic rings. The lowest BCUT2D eigenvalue weighted by Gasteiger charge is -1.93. The molecule has 0 heterocycles. The van der Waals surface area contributed by atoms with Crippen molar-refractivity contribution in [3.05, 3.63) is 29.8 Å². The number of aryl methyl sites for hydroxylation is 1. The molecule has 0 saturated heterocycles. The highest BCUT2D eigenvalue weighted by Gasteiger charge is 1.86. The SMILES string of the molecule is CC.CCC.CCc1ccc(O)cc1.COC(N)=O. The number of phenols is 1. The van der Waals surface area contributed by atoms with Crippen LogP contribution in [-0.2, 0) is 11.2 Å². The van der Waals surface area contributed by atoms with Gasteiger partial charge in [0.15, 0.2) is 0 Å². The van der Waals surface area contributed by atoms with Crippen molar-refractivity contribution in [1.82, 2.24) is 0 Å². The highest BCUT2D eigenvalue weighted by atomic mass is 16.5. The molecule has 1 amide bonds. The summed E-state index contributed by atoms with van der Waals surface area (Å²) < 4.78 is 3.89. The number of ether oxygens (including phenoxy) is 1. The largest absolute Gasteiger partial charge is 0.508 e. The first-order chi connectivity index (χ1) is 9.01. The van der Waals surface area contributed by atoms with Crippen molar-refractivity contribution < 1.29 is 14.6 Å². The number of benzene rings is 1. The van der Waals surface area contributed by atoms with Gasteiger partial charge in [0.05, 0.1) is 7.11 Å². The summed E-state index contributed by atoms with van der Waals surface area (Å²) in [6.07, 6.45) is 1.53. The molecule has 0 aliphatic heterocycles. The van der Waals surface area contributed by atoms with Crippen LogP contribution in [0.5, 0.6) is 5.75 Å². The van der Waals surface area contributed by atoms with Crippen molar-refractivity contribution in [2.75, 3.05) is 7.11 Å². The van der Waals surface area contributed by atoms with Gasteiger partial charge in [-0.3, -0.25) is 0 Å². The summed E-state index contributed by atoms with van der Waals surface area (Å²) in [6.45, 7) is 10.3. The smallest absolute Gasteiger partial charge is 0.404 e. The number of phenolic OH excluding ortho intramolecular Hbond substituents is 1. The van der Waals surface area contributed by atoms with Gasteiger partial charge in [-0.25, -0.2) is 4.79 Å². The van der Waals surface area contributed by atoms with E-state index in [1.54, 1.807) is 12.1 Å². The molecule has 112 valence electrons. The quantitative estimate of drug-likeness (QED) is 0.807. The maximum Gasteiger partial charge on any atom is 0.404 e. The van der Waals surface area contributed by atoms with E-state index in [0.29, 0.717) is 5.75 Å². The zero-order chi connectivity index (χ0) is 15.7. The lowest BCUT2D eigenvalue weighted by atomic mass is 10.2. The molecule has 0 bridgehead atoms. The zero-order valence-corrected chi connectivity index (χ0v) is 13.1. The lowest BCUT2D eigenvalue weighted by molar-refractivity contribution is 0.182. The summed E-state index contributed by atoms with van der Waals surface area (Å²) in [5, 5.41) is 8.85. The van der Waals surface area contributed by atoms with Crippen molar-refractivity contribution in [3.63, 3.8) is 0 Å². The number of primary amides is 1. The van der Waals surface area contributed by atoms with Crippen LogP contribution in [0.4, 0.5) is 4.79 Å². The van der Waals surface area contributed by atoms with Crippen molar-refractivity contribution >= 4 is 6.09 Å². The summed E-state index contributed by atoms with van der Waals surface area (Å²) in [6, 6.07) is 7.27. The van der Waals surface area contributed by atoms with Gasteiger partial charge in [-0.1, -0.05) is 53.2 Å². The van der Waals surface area contributed by atoms with Gasteiger partial charge in [-0.2, -0.15) is 0 Å². The monoisotopic (exact) mass is 271 g/mol. The third kappa shape index (κ3) is 22.0. The van der Waals surface area contributed by atoms with Gasteiger partial charge in [0.2, 0.25) is 0 Å². The van der Waals surface area contributed by atoms with Crippen LogP contribution in [0.25, 0.3) is 0 Å². The number of hydrogen-bond donors (Lipinski definition) is 2. The van der Waals surface area contributed by atoms with E-state index < -0.39 is 6.09 Å². The molecule has 4 nitrogen and oxygen atoms in total. The maximum absolute atomic E-state index is 9.37. The number of nitrogens with two attached hydrogens (primary N) is 1. The van der Waals surface area contributed by atoms with Crippen LogP contribution in [0.1, 0.15) is 46.6 Å². The van der Waals surface area contributed by atoms with Crippen molar-refractivity contribution in [2.24, 2.45) is 5.73 Å². The summed E-state index contributed by atoms with van der Waals surface area (Å²) in [5.74, 6) is 0.340. The molecule has 0 saturated carbocycles. The second kappa shape index (κ2) is 18.6. The van der Waals surface area contributed by atoms with E-state index in [2.05, 4.69) is 31.2 Å². The second-order valence-electron chi connectivity index (χ2n) is 3.25. The Morgan fingerprint density at radius 3 is 1.68 bits per heavy atom. The van der Waals surface area contributed by atoms with Gasteiger partial charge in [-0.15, -0.1) is 0 Å². The number of rotatable bonds is 1. The highest BCUT2D eigenvalue weighted by molar-refractivity contribution is 5.64. The first-order valence-electron chi connectivity index (χ1n) is 6.63. The molecule has 4 heteroatoms. The molecule has 0 atom stereocenters. The van der Waals surface area contributed by atoms with Gasteiger partial charge < -0.3 is 15.6 Å². The molecule has 1 aromatic carbocycles. The molecular weight excluding hydrogens is 242 g/mol. The van der Waals surface area contributed by atoms with E-state index in [-0.39, 0.29) is 0 Å². The number of carbonyl (C=O) groups is 1. The molecule has 0 radical (unpaired) electrons. The molecule has 0 spiro atoms. The van der Waals surface area contributed by atoms with Crippen molar-refractivity contribution in [2.45, 2.75) is 47.5 Å². The van der Waals surface area contributed by atoms with Crippen LogP contribution in [-0.4, -0.2) is 18.3 Å². The Bertz CT molecular complexity index is 284. The Kier molecular flexibility index (Phi) is 22.1. The minimum Gasteiger partial charge on any atom is -0.508 e. The van der Waals surface area contributed by atoms with Crippen LogP contribution in [0, 0.1) is 0 Å². The fraction of sp³-hybridized carbons (Fsp3) is 0.533. The molecule has 0 aliphatic rings. The first kappa shape index (κ1) is 22.5. The summed E-state index contributed by atoms with van der Waals surface area (Å²) in [7, 11) is 1.22. The minimum absolute atomic E-state index is 0.340. The molecule has 1 rings (SSSR count). The molecule has 0 unspecified atom stereocenters. The van der Waals surface area contributed by atoms with Crippen LogP contribution in [0.15, 0.2) is 24.3 Å². The third-order valence-electron chi connectivity index (χ3n) is 1.55. The summed E-state index contributed by atoms with van der Waals surface area (Å²) in [4.78, 5) is 9.37. The van der Waals surface area contributed by atoms with Crippen molar-refractivity contribution in [3.8, 4) is 5.75 Å². The number of methoxy groups -OCH3 is 1. The minimum atomic E-state index is -0.745. The normalized spacial score (nSPS) is 7.47. The van der Waals surface area contributed by atoms with Gasteiger partial charge in [0, 0.05) is 0 Å². The first-order valence-corrected chi connectivity index (χ1v) is 6.63. The highest BCUT2D eigenvalue weighted by Crippen LogP contribution is 2.09. The number of aromatic hydroxyl groups is 1. The van der Waals surface area contributed by atoms with E-state index in [4.69, 9.17) is 5.11 Å². The Morgan fingerprint density at radius 2 is 1.47 bits per heavy atom. The average molecular weight is 271 g/mol. The Morgan fingerprint density at radius 1 is 1.16 bits per heavy atom. The maximum atomic E-state index is 9.37. The fourth-order valence-electron chi connectivity index (χ4n) is 0.732. The van der Waals surface area contributed by atoms with Gasteiger partial charge >= 0.3 is 6.09 Å². The fourth-order valence-corrected chi connectivity index (χ4v) is 0.732. The molecule has 3 N–H and O–H groups in total. The third-order valence-corrected chi connectivity index (χ3v) is 1.55. The van der Waals surface area contributed by atoms with Crippen LogP contribution in [0.3, 0.4) is 0 Å². The van der Waals surface area contributed by atoms with Gasteiger partial charge in [-0.05, 0) is 24.1 Å². The van der Waals surface area contributed by atoms with E-state index in [1.165, 1.54) is 19.1 Å². The summed E-state index contributed by atoms with van der Waals surface area (Å²) in [5.41, 5.74) is 5.69. The summed E-state index contributed by atoms with van der Waals surface area (Å²) >= 11 is 0. The lowest BCUT2D eigenvalue weighted by Crippen LogP contribution is -2.08. The van der Waals surface area contributed by atoms with Crippen LogP contribution in [0.2, 0.25) is 0 Å². The zero-order valence-electron chi connectivity index (χ0n) is 13.1. The molecular formula is C15H29NO3. The van der Waals surface area contributed by atoms with E-state index in [0.717, 1.165) is 6.42 Å². The van der Waals surface area contributed by atoms with Crippen LogP contribution < -0.4 is 5.73 Å². The van der Waals surface area contributed by atoms with E-state index in [1.807, 2.05) is 26.0 Å². The molecule has 0 aromatic heterocycles.